The lowest BCUT2D eigenvalue weighted by molar-refractivity contribution is -0.150. The Kier molecular flexibility index (Phi) is 4.18. The monoisotopic (exact) mass is 309 g/mol. The molecule has 1 aliphatic heterocycles. The maximum absolute atomic E-state index is 12.0. The van der Waals surface area contributed by atoms with E-state index in [-0.39, 0.29) is 11.3 Å². The zero-order valence-corrected chi connectivity index (χ0v) is 13.3. The highest BCUT2D eigenvalue weighted by molar-refractivity contribution is 8.01. The summed E-state index contributed by atoms with van der Waals surface area (Å²) >= 11 is 1.49. The molecule has 6 heteroatoms. The summed E-state index contributed by atoms with van der Waals surface area (Å²) in [4.78, 5) is 25.0. The van der Waals surface area contributed by atoms with Gasteiger partial charge < -0.3 is 14.7 Å². The predicted octanol–water partition coefficient (Wildman–Crippen LogP) is 2.52. The van der Waals surface area contributed by atoms with Gasteiger partial charge in [0, 0.05) is 11.7 Å². The van der Waals surface area contributed by atoms with Crippen LogP contribution in [0.25, 0.3) is 0 Å². The molecule has 1 N–H and O–H groups in total. The molecule has 1 saturated heterocycles. The Hall–Kier alpha value is -1.69. The van der Waals surface area contributed by atoms with Gasteiger partial charge in [0.2, 0.25) is 5.91 Å². The van der Waals surface area contributed by atoms with Gasteiger partial charge in [0.15, 0.2) is 0 Å². The van der Waals surface area contributed by atoms with Crippen LogP contribution >= 0.6 is 11.8 Å². The SMILES string of the molecule is COc1ccc([C@@H]2SC(C)(C)[C@H](C(=O)O)N2C(C)=O)cc1. The van der Waals surface area contributed by atoms with E-state index in [4.69, 9.17) is 4.74 Å². The molecule has 1 heterocycles. The molecule has 0 aliphatic carbocycles. The number of carboxylic acids is 1. The molecule has 0 saturated carbocycles. The van der Waals surface area contributed by atoms with Crippen molar-refractivity contribution in [3.05, 3.63) is 29.8 Å². The number of rotatable bonds is 3. The van der Waals surface area contributed by atoms with E-state index in [1.165, 1.54) is 23.6 Å². The summed E-state index contributed by atoms with van der Waals surface area (Å²) in [5.41, 5.74) is 0.896. The molecule has 5 nitrogen and oxygen atoms in total. The van der Waals surface area contributed by atoms with Crippen molar-refractivity contribution < 1.29 is 19.4 Å². The van der Waals surface area contributed by atoms with Gasteiger partial charge >= 0.3 is 5.97 Å². The first kappa shape index (κ1) is 15.7. The number of carbonyl (C=O) groups excluding carboxylic acids is 1. The van der Waals surface area contributed by atoms with Crippen LogP contribution in [0.4, 0.5) is 0 Å². The van der Waals surface area contributed by atoms with E-state index in [2.05, 4.69) is 0 Å². The molecule has 1 aromatic rings. The molecular formula is C15H19NO4S. The van der Waals surface area contributed by atoms with E-state index in [1.807, 2.05) is 38.1 Å². The summed E-state index contributed by atoms with van der Waals surface area (Å²) in [6.07, 6.45) is 0. The summed E-state index contributed by atoms with van der Waals surface area (Å²) in [5, 5.41) is 9.19. The summed E-state index contributed by atoms with van der Waals surface area (Å²) in [6, 6.07) is 6.52. The molecule has 1 aromatic carbocycles. The smallest absolute Gasteiger partial charge is 0.327 e. The highest BCUT2D eigenvalue weighted by Crippen LogP contribution is 2.52. The van der Waals surface area contributed by atoms with E-state index < -0.39 is 16.8 Å². The van der Waals surface area contributed by atoms with E-state index in [1.54, 1.807) is 7.11 Å². The summed E-state index contributed by atoms with van der Waals surface area (Å²) in [7, 11) is 1.59. The van der Waals surface area contributed by atoms with Gasteiger partial charge in [-0.25, -0.2) is 4.79 Å². The third kappa shape index (κ3) is 2.85. The number of carboxylic acid groups (broad SMARTS) is 1. The average Bonchev–Trinajstić information content (AvgIpc) is 2.70. The fourth-order valence-corrected chi connectivity index (χ4v) is 4.24. The zero-order chi connectivity index (χ0) is 15.8. The van der Waals surface area contributed by atoms with Crippen LogP contribution in [-0.4, -0.2) is 39.8 Å². The number of methoxy groups -OCH3 is 1. The number of carbonyl (C=O) groups is 2. The highest BCUT2D eigenvalue weighted by Gasteiger charge is 2.52. The highest BCUT2D eigenvalue weighted by atomic mass is 32.2. The number of benzene rings is 1. The topological polar surface area (TPSA) is 66.8 Å². The maximum atomic E-state index is 12.0. The minimum absolute atomic E-state index is 0.235. The second-order valence-electron chi connectivity index (χ2n) is 5.51. The molecule has 21 heavy (non-hydrogen) atoms. The van der Waals surface area contributed by atoms with Crippen LogP contribution in [-0.2, 0) is 9.59 Å². The van der Waals surface area contributed by atoms with Gasteiger partial charge in [-0.05, 0) is 31.5 Å². The van der Waals surface area contributed by atoms with Crippen molar-refractivity contribution in [1.82, 2.24) is 4.90 Å². The molecule has 1 amide bonds. The van der Waals surface area contributed by atoms with Crippen molar-refractivity contribution in [2.75, 3.05) is 7.11 Å². The molecule has 1 aliphatic rings. The molecular weight excluding hydrogens is 290 g/mol. The first-order chi connectivity index (χ1) is 9.77. The minimum Gasteiger partial charge on any atom is -0.497 e. The number of hydrogen-bond donors (Lipinski definition) is 1. The van der Waals surface area contributed by atoms with Crippen LogP contribution in [0.1, 0.15) is 31.7 Å². The van der Waals surface area contributed by atoms with Gasteiger partial charge in [0.25, 0.3) is 0 Å². The lowest BCUT2D eigenvalue weighted by atomic mass is 10.0. The normalized spacial score (nSPS) is 23.9. The molecule has 0 aromatic heterocycles. The fourth-order valence-electron chi connectivity index (χ4n) is 2.64. The van der Waals surface area contributed by atoms with Gasteiger partial charge in [-0.1, -0.05) is 12.1 Å². The molecule has 1 fully saturated rings. The average molecular weight is 309 g/mol. The van der Waals surface area contributed by atoms with Crippen LogP contribution in [0.15, 0.2) is 24.3 Å². The van der Waals surface area contributed by atoms with Crippen LogP contribution < -0.4 is 4.74 Å². The third-order valence-corrected chi connectivity index (χ3v) is 5.16. The van der Waals surface area contributed by atoms with E-state index >= 15 is 0 Å². The van der Waals surface area contributed by atoms with Crippen molar-refractivity contribution in [2.45, 2.75) is 36.9 Å². The molecule has 0 radical (unpaired) electrons. The predicted molar refractivity (Wildman–Crippen MR) is 81.3 cm³/mol. The van der Waals surface area contributed by atoms with Gasteiger partial charge in [0.1, 0.15) is 17.2 Å². The van der Waals surface area contributed by atoms with Crippen LogP contribution in [0, 0.1) is 0 Å². The second kappa shape index (κ2) is 5.60. The number of hydrogen-bond acceptors (Lipinski definition) is 4. The Balaban J connectivity index is 2.42. The summed E-state index contributed by atoms with van der Waals surface area (Å²) in [6.45, 7) is 5.13. The van der Waals surface area contributed by atoms with Gasteiger partial charge in [-0.3, -0.25) is 4.79 Å². The lowest BCUT2D eigenvalue weighted by Crippen LogP contribution is -2.48. The molecule has 0 spiro atoms. The van der Waals surface area contributed by atoms with Gasteiger partial charge in [-0.15, -0.1) is 11.8 Å². The van der Waals surface area contributed by atoms with Gasteiger partial charge in [0.05, 0.1) is 7.11 Å². The zero-order valence-electron chi connectivity index (χ0n) is 12.5. The second-order valence-corrected chi connectivity index (χ2v) is 7.25. The molecule has 2 atom stereocenters. The Labute approximate surface area is 128 Å². The minimum atomic E-state index is -0.973. The lowest BCUT2D eigenvalue weighted by Gasteiger charge is -2.28. The molecule has 0 unspecified atom stereocenters. The Bertz CT molecular complexity index is 555. The van der Waals surface area contributed by atoms with Crippen molar-refractivity contribution in [3.8, 4) is 5.75 Å². The number of ether oxygens (including phenoxy) is 1. The van der Waals surface area contributed by atoms with E-state index in [0.29, 0.717) is 0 Å². The Morgan fingerprint density at radius 3 is 2.29 bits per heavy atom. The number of nitrogens with zero attached hydrogens (tertiary/aromatic N) is 1. The van der Waals surface area contributed by atoms with Gasteiger partial charge in [-0.2, -0.15) is 0 Å². The van der Waals surface area contributed by atoms with Crippen molar-refractivity contribution in [1.29, 1.82) is 0 Å². The largest absolute Gasteiger partial charge is 0.497 e. The third-order valence-electron chi connectivity index (χ3n) is 3.60. The maximum Gasteiger partial charge on any atom is 0.327 e. The number of amides is 1. The first-order valence-electron chi connectivity index (χ1n) is 6.61. The van der Waals surface area contributed by atoms with Crippen molar-refractivity contribution in [3.63, 3.8) is 0 Å². The molecule has 2 rings (SSSR count). The standard InChI is InChI=1S/C15H19NO4S/c1-9(17)16-12(14(18)19)15(2,3)21-13(16)10-5-7-11(20-4)8-6-10/h5-8,12-13H,1-4H3,(H,18,19)/t12-,13-/m0/s1. The van der Waals surface area contributed by atoms with E-state index in [0.717, 1.165) is 11.3 Å². The first-order valence-corrected chi connectivity index (χ1v) is 7.49. The van der Waals surface area contributed by atoms with Crippen LogP contribution in [0.2, 0.25) is 0 Å². The summed E-state index contributed by atoms with van der Waals surface area (Å²) < 4.78 is 4.57. The number of aliphatic carboxylic acids is 1. The van der Waals surface area contributed by atoms with Crippen LogP contribution in [0.5, 0.6) is 5.75 Å². The fraction of sp³-hybridized carbons (Fsp3) is 0.467. The van der Waals surface area contributed by atoms with Crippen molar-refractivity contribution in [2.24, 2.45) is 0 Å². The van der Waals surface area contributed by atoms with Crippen molar-refractivity contribution >= 4 is 23.6 Å². The Morgan fingerprint density at radius 1 is 1.29 bits per heavy atom. The molecule has 114 valence electrons. The summed E-state index contributed by atoms with van der Waals surface area (Å²) in [5.74, 6) is -0.481. The number of thioether (sulfide) groups is 1. The molecule has 0 bridgehead atoms. The quantitative estimate of drug-likeness (QED) is 0.929. The Morgan fingerprint density at radius 2 is 1.86 bits per heavy atom. The van der Waals surface area contributed by atoms with Crippen LogP contribution in [0.3, 0.4) is 0 Å². The van der Waals surface area contributed by atoms with E-state index in [9.17, 15) is 14.7 Å².